The normalized spacial score (nSPS) is 20.9. The smallest absolute Gasteiger partial charge is 0.155 e. The maximum atomic E-state index is 6.25. The maximum Gasteiger partial charge on any atom is 0.155 e. The van der Waals surface area contributed by atoms with Gasteiger partial charge in [-0.2, -0.15) is 0 Å². The first-order valence-corrected chi connectivity index (χ1v) is 6.49. The van der Waals surface area contributed by atoms with Crippen LogP contribution in [0.1, 0.15) is 30.1 Å². The third kappa shape index (κ3) is 1.83. The Kier molecular flexibility index (Phi) is 2.81. The Hall–Kier alpha value is -1.06. The number of rotatable bonds is 1. The molecule has 4 heteroatoms. The third-order valence-corrected chi connectivity index (χ3v) is 3.78. The molecule has 0 saturated carbocycles. The largest absolute Gasteiger partial charge is 0.316 e. The van der Waals surface area contributed by atoms with Crippen molar-refractivity contribution in [3.8, 4) is 0 Å². The number of fused-ring (bicyclic) bond motifs is 1. The zero-order valence-electron chi connectivity index (χ0n) is 9.91. The molecule has 1 aliphatic rings. The highest BCUT2D eigenvalue weighted by Crippen LogP contribution is 2.28. The Labute approximate surface area is 106 Å². The molecule has 3 nitrogen and oxygen atoms in total. The van der Waals surface area contributed by atoms with Crippen LogP contribution in [0, 0.1) is 6.92 Å². The molecular weight excluding hydrogens is 234 g/mol. The SMILES string of the molecule is Cc1cccn2c(C3CCCNC3)nc(Cl)c12. The number of nitrogens with zero attached hydrogens (tertiary/aromatic N) is 2. The van der Waals surface area contributed by atoms with Gasteiger partial charge < -0.3 is 9.72 Å². The van der Waals surface area contributed by atoms with E-state index in [1.807, 2.05) is 0 Å². The predicted octanol–water partition coefficient (Wildman–Crippen LogP) is 2.76. The molecule has 2 aromatic heterocycles. The van der Waals surface area contributed by atoms with Crippen LogP contribution in [0.15, 0.2) is 18.3 Å². The van der Waals surface area contributed by atoms with Gasteiger partial charge in [-0.25, -0.2) is 4.98 Å². The molecule has 17 heavy (non-hydrogen) atoms. The van der Waals surface area contributed by atoms with Crippen LogP contribution in [0.4, 0.5) is 0 Å². The summed E-state index contributed by atoms with van der Waals surface area (Å²) in [6.07, 6.45) is 4.46. The Morgan fingerprint density at radius 3 is 3.18 bits per heavy atom. The zero-order chi connectivity index (χ0) is 11.8. The quantitative estimate of drug-likeness (QED) is 0.842. The van der Waals surface area contributed by atoms with Crippen molar-refractivity contribution in [2.75, 3.05) is 13.1 Å². The lowest BCUT2D eigenvalue weighted by Gasteiger charge is -2.21. The van der Waals surface area contributed by atoms with Crippen LogP contribution >= 0.6 is 11.6 Å². The first kappa shape index (κ1) is 11.1. The maximum absolute atomic E-state index is 6.25. The molecule has 1 N–H and O–H groups in total. The molecule has 3 rings (SSSR count). The molecule has 90 valence electrons. The van der Waals surface area contributed by atoms with Crippen LogP contribution in [-0.2, 0) is 0 Å². The van der Waals surface area contributed by atoms with Gasteiger partial charge in [-0.1, -0.05) is 17.7 Å². The third-order valence-electron chi connectivity index (χ3n) is 3.51. The number of hydrogen-bond donors (Lipinski definition) is 1. The summed E-state index contributed by atoms with van der Waals surface area (Å²) in [5.41, 5.74) is 2.23. The molecule has 1 atom stereocenters. The highest BCUT2D eigenvalue weighted by atomic mass is 35.5. The average Bonchev–Trinajstić information content (AvgIpc) is 2.69. The van der Waals surface area contributed by atoms with Gasteiger partial charge in [0.2, 0.25) is 0 Å². The Morgan fingerprint density at radius 2 is 2.41 bits per heavy atom. The fourth-order valence-electron chi connectivity index (χ4n) is 2.64. The fraction of sp³-hybridized carbons (Fsp3) is 0.462. The second-order valence-electron chi connectivity index (χ2n) is 4.71. The van der Waals surface area contributed by atoms with Crippen LogP contribution in [-0.4, -0.2) is 22.5 Å². The molecule has 0 amide bonds. The van der Waals surface area contributed by atoms with E-state index in [4.69, 9.17) is 11.6 Å². The summed E-state index contributed by atoms with van der Waals surface area (Å²) >= 11 is 6.25. The molecule has 1 fully saturated rings. The second kappa shape index (κ2) is 4.31. The van der Waals surface area contributed by atoms with Crippen LogP contribution in [0.5, 0.6) is 0 Å². The average molecular weight is 250 g/mol. The van der Waals surface area contributed by atoms with E-state index in [1.165, 1.54) is 18.4 Å². The van der Waals surface area contributed by atoms with Gasteiger partial charge in [-0.15, -0.1) is 0 Å². The van der Waals surface area contributed by atoms with Crippen LogP contribution in [0.3, 0.4) is 0 Å². The van der Waals surface area contributed by atoms with E-state index in [-0.39, 0.29) is 0 Å². The van der Waals surface area contributed by atoms with Gasteiger partial charge in [-0.3, -0.25) is 0 Å². The van der Waals surface area contributed by atoms with E-state index in [2.05, 4.69) is 40.0 Å². The number of hydrogen-bond acceptors (Lipinski definition) is 2. The molecule has 0 aromatic carbocycles. The van der Waals surface area contributed by atoms with Crippen LogP contribution in [0.2, 0.25) is 5.15 Å². The second-order valence-corrected chi connectivity index (χ2v) is 5.07. The number of aryl methyl sites for hydroxylation is 1. The first-order chi connectivity index (χ1) is 8.27. The van der Waals surface area contributed by atoms with E-state index in [1.54, 1.807) is 0 Å². The number of piperidine rings is 1. The van der Waals surface area contributed by atoms with E-state index < -0.39 is 0 Å². The van der Waals surface area contributed by atoms with E-state index in [0.29, 0.717) is 11.1 Å². The Bertz CT molecular complexity index is 541. The summed E-state index contributed by atoms with van der Waals surface area (Å²) in [5, 5.41) is 4.05. The van der Waals surface area contributed by atoms with Gasteiger partial charge in [0, 0.05) is 18.7 Å². The molecule has 0 spiro atoms. The fourth-order valence-corrected chi connectivity index (χ4v) is 2.96. The topological polar surface area (TPSA) is 29.3 Å². The van der Waals surface area contributed by atoms with Crippen molar-refractivity contribution < 1.29 is 0 Å². The molecule has 0 aliphatic carbocycles. The number of aromatic nitrogens is 2. The summed E-state index contributed by atoms with van der Waals surface area (Å²) < 4.78 is 2.15. The number of halogens is 1. The standard InChI is InChI=1S/C13H16ClN3/c1-9-4-3-7-17-11(9)12(14)16-13(17)10-5-2-6-15-8-10/h3-4,7,10,15H,2,5-6,8H2,1H3. The summed E-state index contributed by atoms with van der Waals surface area (Å²) in [7, 11) is 0. The van der Waals surface area contributed by atoms with Gasteiger partial charge >= 0.3 is 0 Å². The summed E-state index contributed by atoms with van der Waals surface area (Å²) in [5.74, 6) is 1.58. The molecule has 2 aromatic rings. The lowest BCUT2D eigenvalue weighted by molar-refractivity contribution is 0.445. The summed E-state index contributed by atoms with van der Waals surface area (Å²) in [6, 6.07) is 4.13. The molecular formula is C13H16ClN3. The van der Waals surface area contributed by atoms with Gasteiger partial charge in [0.05, 0.1) is 5.52 Å². The highest BCUT2D eigenvalue weighted by molar-refractivity contribution is 6.32. The molecule has 1 aliphatic heterocycles. The lowest BCUT2D eigenvalue weighted by Crippen LogP contribution is -2.29. The Morgan fingerprint density at radius 1 is 1.53 bits per heavy atom. The summed E-state index contributed by atoms with van der Waals surface area (Å²) in [4.78, 5) is 4.56. The van der Waals surface area contributed by atoms with Crippen molar-refractivity contribution in [1.29, 1.82) is 0 Å². The van der Waals surface area contributed by atoms with Crippen LogP contribution < -0.4 is 5.32 Å². The van der Waals surface area contributed by atoms with E-state index >= 15 is 0 Å². The van der Waals surface area contributed by atoms with Gasteiger partial charge in [0.15, 0.2) is 5.15 Å². The zero-order valence-corrected chi connectivity index (χ0v) is 10.7. The van der Waals surface area contributed by atoms with E-state index in [0.717, 1.165) is 24.4 Å². The van der Waals surface area contributed by atoms with Crippen molar-refractivity contribution in [2.45, 2.75) is 25.7 Å². The van der Waals surface area contributed by atoms with Gasteiger partial charge in [0.25, 0.3) is 0 Å². The molecule has 0 radical (unpaired) electrons. The lowest BCUT2D eigenvalue weighted by atomic mass is 9.99. The Balaban J connectivity index is 2.13. The number of nitrogens with one attached hydrogen (secondary N) is 1. The molecule has 1 saturated heterocycles. The number of pyridine rings is 1. The van der Waals surface area contributed by atoms with Crippen molar-refractivity contribution in [1.82, 2.24) is 14.7 Å². The molecule has 0 bridgehead atoms. The first-order valence-electron chi connectivity index (χ1n) is 6.11. The van der Waals surface area contributed by atoms with Crippen molar-refractivity contribution >= 4 is 17.1 Å². The minimum Gasteiger partial charge on any atom is -0.316 e. The van der Waals surface area contributed by atoms with Crippen LogP contribution in [0.25, 0.3) is 5.52 Å². The van der Waals surface area contributed by atoms with Crippen molar-refractivity contribution in [2.24, 2.45) is 0 Å². The number of imidazole rings is 1. The summed E-state index contributed by atoms with van der Waals surface area (Å²) in [6.45, 7) is 4.20. The van der Waals surface area contributed by atoms with Crippen molar-refractivity contribution in [3.05, 3.63) is 34.9 Å². The molecule has 1 unspecified atom stereocenters. The monoisotopic (exact) mass is 249 g/mol. The highest BCUT2D eigenvalue weighted by Gasteiger charge is 2.21. The van der Waals surface area contributed by atoms with E-state index in [9.17, 15) is 0 Å². The van der Waals surface area contributed by atoms with Crippen molar-refractivity contribution in [3.63, 3.8) is 0 Å². The predicted molar refractivity (Wildman–Crippen MR) is 69.8 cm³/mol. The van der Waals surface area contributed by atoms with Gasteiger partial charge in [0.1, 0.15) is 5.82 Å². The van der Waals surface area contributed by atoms with Gasteiger partial charge in [-0.05, 0) is 37.9 Å². The minimum absolute atomic E-state index is 0.477. The molecule has 3 heterocycles. The minimum atomic E-state index is 0.477.